The van der Waals surface area contributed by atoms with Gasteiger partial charge in [-0.2, -0.15) is 0 Å². The van der Waals surface area contributed by atoms with Gasteiger partial charge in [-0.25, -0.2) is 4.79 Å². The van der Waals surface area contributed by atoms with Gasteiger partial charge < -0.3 is 4.74 Å². The fourth-order valence-corrected chi connectivity index (χ4v) is 1.16. The molecule has 0 saturated heterocycles. The average Bonchev–Trinajstić information content (AvgIpc) is 2.18. The van der Waals surface area contributed by atoms with Crippen LogP contribution in [0.15, 0.2) is 18.2 Å². The van der Waals surface area contributed by atoms with Crippen LogP contribution in [0.3, 0.4) is 0 Å². The zero-order valence-electron chi connectivity index (χ0n) is 8.34. The van der Waals surface area contributed by atoms with Gasteiger partial charge in [0.15, 0.2) is 0 Å². The third-order valence-corrected chi connectivity index (χ3v) is 2.21. The summed E-state index contributed by atoms with van der Waals surface area (Å²) in [5.74, 6) is 0.0186. The minimum absolute atomic E-state index is 0.257. The molecule has 0 amide bonds. The lowest BCUT2D eigenvalue weighted by molar-refractivity contribution is 0.0529. The average molecular weight is 213 g/mol. The number of ether oxygens (including phenoxy) is 1. The van der Waals surface area contributed by atoms with Crippen molar-refractivity contribution < 1.29 is 9.53 Å². The molecule has 0 saturated carbocycles. The minimum atomic E-state index is -0.311. The first-order valence-electron chi connectivity index (χ1n) is 4.45. The van der Waals surface area contributed by atoms with Crippen LogP contribution in [0.1, 0.15) is 21.5 Å². The van der Waals surface area contributed by atoms with Gasteiger partial charge in [0.25, 0.3) is 0 Å². The molecule has 1 rings (SSSR count). The van der Waals surface area contributed by atoms with Crippen molar-refractivity contribution in [2.75, 3.05) is 12.5 Å². The Labute approximate surface area is 88.8 Å². The predicted molar refractivity (Wildman–Crippen MR) is 56.9 cm³/mol. The molecule has 0 heterocycles. The van der Waals surface area contributed by atoms with E-state index in [-0.39, 0.29) is 12.6 Å². The zero-order valence-corrected chi connectivity index (χ0v) is 9.10. The summed E-state index contributed by atoms with van der Waals surface area (Å²) in [7, 11) is 0. The molecule has 0 aliphatic carbocycles. The van der Waals surface area contributed by atoms with E-state index in [2.05, 4.69) is 0 Å². The van der Waals surface area contributed by atoms with Gasteiger partial charge >= 0.3 is 5.97 Å². The van der Waals surface area contributed by atoms with Gasteiger partial charge in [0.1, 0.15) is 6.61 Å². The van der Waals surface area contributed by atoms with Crippen LogP contribution in [0.25, 0.3) is 0 Å². The lowest BCUT2D eigenvalue weighted by atomic mass is 10.1. The van der Waals surface area contributed by atoms with Crippen molar-refractivity contribution in [1.82, 2.24) is 0 Å². The highest BCUT2D eigenvalue weighted by Crippen LogP contribution is 2.10. The Morgan fingerprint density at radius 1 is 1.36 bits per heavy atom. The predicted octanol–water partition coefficient (Wildman–Crippen LogP) is 2.70. The van der Waals surface area contributed by atoms with Crippen LogP contribution < -0.4 is 0 Å². The molecule has 1 aromatic carbocycles. The van der Waals surface area contributed by atoms with Crippen molar-refractivity contribution >= 4 is 17.6 Å². The molecular weight excluding hydrogens is 200 g/mol. The van der Waals surface area contributed by atoms with Crippen molar-refractivity contribution in [3.05, 3.63) is 34.9 Å². The number of rotatable bonds is 3. The van der Waals surface area contributed by atoms with Crippen molar-refractivity contribution in [2.24, 2.45) is 0 Å². The van der Waals surface area contributed by atoms with E-state index in [1.54, 1.807) is 6.07 Å². The molecular formula is C11H13ClO2. The van der Waals surface area contributed by atoms with Gasteiger partial charge in [-0.3, -0.25) is 0 Å². The molecule has 1 aromatic rings. The van der Waals surface area contributed by atoms with E-state index in [9.17, 15) is 4.79 Å². The lowest BCUT2D eigenvalue weighted by Crippen LogP contribution is -2.07. The number of carbonyl (C=O) groups excluding carboxylic acids is 1. The molecule has 0 atom stereocenters. The van der Waals surface area contributed by atoms with Crippen LogP contribution in [0.4, 0.5) is 0 Å². The van der Waals surface area contributed by atoms with Crippen molar-refractivity contribution in [1.29, 1.82) is 0 Å². The molecule has 3 heteroatoms. The summed E-state index contributed by atoms with van der Waals surface area (Å²) in [5.41, 5.74) is 2.84. The molecule has 0 bridgehead atoms. The number of halogens is 1. The maximum Gasteiger partial charge on any atom is 0.338 e. The number of hydrogen-bond donors (Lipinski definition) is 0. The summed E-state index contributed by atoms with van der Waals surface area (Å²) in [6.07, 6.45) is 0. The van der Waals surface area contributed by atoms with Gasteiger partial charge in [0.2, 0.25) is 0 Å². The SMILES string of the molecule is Cc1ccc(C(=O)OCCCl)cc1C. The number of benzene rings is 1. The van der Waals surface area contributed by atoms with E-state index in [0.717, 1.165) is 5.56 Å². The summed E-state index contributed by atoms with van der Waals surface area (Å²) in [4.78, 5) is 11.4. The second-order valence-electron chi connectivity index (χ2n) is 3.12. The normalized spacial score (nSPS) is 9.93. The largest absolute Gasteiger partial charge is 0.461 e. The fourth-order valence-electron chi connectivity index (χ4n) is 1.08. The number of esters is 1. The molecule has 0 aromatic heterocycles. The van der Waals surface area contributed by atoms with E-state index < -0.39 is 0 Å². The van der Waals surface area contributed by atoms with Gasteiger partial charge in [0.05, 0.1) is 11.4 Å². The molecule has 2 nitrogen and oxygen atoms in total. The summed E-state index contributed by atoms with van der Waals surface area (Å²) in [6, 6.07) is 5.50. The molecule has 76 valence electrons. The molecule has 14 heavy (non-hydrogen) atoms. The third-order valence-electron chi connectivity index (χ3n) is 2.05. The van der Waals surface area contributed by atoms with E-state index in [1.807, 2.05) is 26.0 Å². The Bertz CT molecular complexity index is 334. The number of carbonyl (C=O) groups is 1. The van der Waals surface area contributed by atoms with Crippen LogP contribution >= 0.6 is 11.6 Å². The molecule has 0 aliphatic heterocycles. The Balaban J connectivity index is 2.76. The Hall–Kier alpha value is -1.02. The maximum atomic E-state index is 11.4. The van der Waals surface area contributed by atoms with Gasteiger partial charge in [0, 0.05) is 0 Å². The Kier molecular flexibility index (Phi) is 3.96. The molecule has 0 aliphatic rings. The smallest absolute Gasteiger partial charge is 0.338 e. The number of hydrogen-bond acceptors (Lipinski definition) is 2. The summed E-state index contributed by atoms with van der Waals surface area (Å²) >= 11 is 5.41. The zero-order chi connectivity index (χ0) is 10.6. The van der Waals surface area contributed by atoms with E-state index in [1.165, 1.54) is 5.56 Å². The topological polar surface area (TPSA) is 26.3 Å². The molecule has 0 radical (unpaired) electrons. The number of alkyl halides is 1. The maximum absolute atomic E-state index is 11.4. The van der Waals surface area contributed by atoms with Crippen molar-refractivity contribution in [2.45, 2.75) is 13.8 Å². The first kappa shape index (κ1) is 11.1. The van der Waals surface area contributed by atoms with Crippen LogP contribution in [0.2, 0.25) is 0 Å². The minimum Gasteiger partial charge on any atom is -0.461 e. The fraction of sp³-hybridized carbons (Fsp3) is 0.364. The second-order valence-corrected chi connectivity index (χ2v) is 3.50. The summed E-state index contributed by atoms with van der Waals surface area (Å²) < 4.78 is 4.90. The van der Waals surface area contributed by atoms with Crippen LogP contribution in [-0.4, -0.2) is 18.5 Å². The molecule has 0 fully saturated rings. The van der Waals surface area contributed by atoms with Crippen molar-refractivity contribution in [3.63, 3.8) is 0 Å². The molecule has 0 unspecified atom stereocenters. The summed E-state index contributed by atoms with van der Waals surface area (Å²) in [5, 5.41) is 0. The monoisotopic (exact) mass is 212 g/mol. The summed E-state index contributed by atoms with van der Waals surface area (Å²) in [6.45, 7) is 4.23. The highest BCUT2D eigenvalue weighted by atomic mass is 35.5. The molecule has 0 spiro atoms. The molecule has 0 N–H and O–H groups in total. The van der Waals surface area contributed by atoms with Gasteiger partial charge in [-0.15, -0.1) is 11.6 Å². The Morgan fingerprint density at radius 3 is 2.64 bits per heavy atom. The van der Waals surface area contributed by atoms with Crippen LogP contribution in [0.5, 0.6) is 0 Å². The van der Waals surface area contributed by atoms with Gasteiger partial charge in [-0.1, -0.05) is 6.07 Å². The second kappa shape index (κ2) is 5.01. The Morgan fingerprint density at radius 2 is 2.07 bits per heavy atom. The van der Waals surface area contributed by atoms with Crippen molar-refractivity contribution in [3.8, 4) is 0 Å². The van der Waals surface area contributed by atoms with E-state index in [0.29, 0.717) is 11.4 Å². The van der Waals surface area contributed by atoms with E-state index in [4.69, 9.17) is 16.3 Å². The first-order chi connectivity index (χ1) is 6.65. The first-order valence-corrected chi connectivity index (χ1v) is 4.99. The van der Waals surface area contributed by atoms with Crippen LogP contribution in [-0.2, 0) is 4.74 Å². The highest BCUT2D eigenvalue weighted by molar-refractivity contribution is 6.18. The standard InChI is InChI=1S/C11H13ClO2/c1-8-3-4-10(7-9(8)2)11(13)14-6-5-12/h3-4,7H,5-6H2,1-2H3. The quantitative estimate of drug-likeness (QED) is 0.569. The third kappa shape index (κ3) is 2.74. The van der Waals surface area contributed by atoms with E-state index >= 15 is 0 Å². The lowest BCUT2D eigenvalue weighted by Gasteiger charge is -2.04. The van der Waals surface area contributed by atoms with Gasteiger partial charge in [-0.05, 0) is 37.1 Å². The highest BCUT2D eigenvalue weighted by Gasteiger charge is 2.06. The number of aryl methyl sites for hydroxylation is 2. The van der Waals surface area contributed by atoms with Crippen LogP contribution in [0, 0.1) is 13.8 Å².